The summed E-state index contributed by atoms with van der Waals surface area (Å²) in [7, 11) is 1.46. The highest BCUT2D eigenvalue weighted by molar-refractivity contribution is 5.94. The summed E-state index contributed by atoms with van der Waals surface area (Å²) in [5.41, 5.74) is 3.62. The first-order valence-electron chi connectivity index (χ1n) is 9.13. The van der Waals surface area contributed by atoms with Crippen LogP contribution in [0.1, 0.15) is 28.8 Å². The first kappa shape index (κ1) is 19.4. The number of aromatic hydroxyl groups is 1. The van der Waals surface area contributed by atoms with Gasteiger partial charge in [0.25, 0.3) is 5.91 Å². The van der Waals surface area contributed by atoms with E-state index in [-0.39, 0.29) is 23.5 Å². The van der Waals surface area contributed by atoms with Crippen LogP contribution in [0, 0.1) is 5.92 Å². The van der Waals surface area contributed by atoms with Gasteiger partial charge < -0.3 is 14.7 Å². The third-order valence-electron chi connectivity index (χ3n) is 4.80. The number of piperidine rings is 1. The number of carbonyl (C=O) groups excluding carboxylic acids is 2. The second kappa shape index (κ2) is 9.03. The van der Waals surface area contributed by atoms with Crippen LogP contribution in [0.2, 0.25) is 0 Å². The van der Waals surface area contributed by atoms with Gasteiger partial charge >= 0.3 is 0 Å². The quantitative estimate of drug-likeness (QED) is 0.615. The van der Waals surface area contributed by atoms with Crippen molar-refractivity contribution in [1.29, 1.82) is 0 Å². The number of para-hydroxylation sites is 1. The third kappa shape index (κ3) is 4.49. The van der Waals surface area contributed by atoms with Crippen LogP contribution >= 0.6 is 0 Å². The molecule has 0 unspecified atom stereocenters. The number of nitrogens with one attached hydrogen (secondary N) is 1. The number of hydrogen-bond acceptors (Lipinski definition) is 5. The fourth-order valence-corrected chi connectivity index (χ4v) is 3.17. The van der Waals surface area contributed by atoms with Crippen LogP contribution < -0.4 is 10.2 Å². The van der Waals surface area contributed by atoms with Gasteiger partial charge in [-0.3, -0.25) is 9.59 Å². The summed E-state index contributed by atoms with van der Waals surface area (Å²) >= 11 is 0. The van der Waals surface area contributed by atoms with Crippen LogP contribution in [-0.2, 0) is 4.79 Å². The van der Waals surface area contributed by atoms with Gasteiger partial charge in [-0.25, -0.2) is 5.43 Å². The largest absolute Gasteiger partial charge is 0.504 e. The molecule has 0 radical (unpaired) electrons. The molecule has 0 spiro atoms. The Morgan fingerprint density at radius 2 is 1.86 bits per heavy atom. The fourth-order valence-electron chi connectivity index (χ4n) is 3.17. The van der Waals surface area contributed by atoms with Gasteiger partial charge in [-0.05, 0) is 37.1 Å². The monoisotopic (exact) mass is 381 g/mol. The summed E-state index contributed by atoms with van der Waals surface area (Å²) in [4.78, 5) is 26.6. The van der Waals surface area contributed by atoms with E-state index < -0.39 is 0 Å². The highest BCUT2D eigenvalue weighted by Crippen LogP contribution is 2.28. The Labute approximate surface area is 163 Å². The number of phenolic OH excluding ortho intramolecular Hbond substituents is 1. The maximum Gasteiger partial charge on any atom is 0.253 e. The number of rotatable bonds is 5. The summed E-state index contributed by atoms with van der Waals surface area (Å²) in [6, 6.07) is 14.2. The van der Waals surface area contributed by atoms with Crippen molar-refractivity contribution in [3.8, 4) is 11.5 Å². The third-order valence-corrected chi connectivity index (χ3v) is 4.80. The Kier molecular flexibility index (Phi) is 6.26. The molecule has 0 saturated carbocycles. The molecule has 1 heterocycles. The Hall–Kier alpha value is -3.35. The highest BCUT2D eigenvalue weighted by atomic mass is 16.5. The molecule has 7 heteroatoms. The molecule has 0 aromatic heterocycles. The van der Waals surface area contributed by atoms with Crippen molar-refractivity contribution in [3.05, 3.63) is 59.7 Å². The van der Waals surface area contributed by atoms with Crippen LogP contribution in [0.3, 0.4) is 0 Å². The lowest BCUT2D eigenvalue weighted by Crippen LogP contribution is -2.42. The molecule has 1 saturated heterocycles. The van der Waals surface area contributed by atoms with Crippen molar-refractivity contribution in [3.63, 3.8) is 0 Å². The normalized spacial score (nSPS) is 14.8. The second-order valence-electron chi connectivity index (χ2n) is 6.56. The summed E-state index contributed by atoms with van der Waals surface area (Å²) in [5.74, 6) is -0.0891. The van der Waals surface area contributed by atoms with Crippen molar-refractivity contribution < 1.29 is 19.4 Å². The first-order valence-corrected chi connectivity index (χ1v) is 9.13. The Bertz CT molecular complexity index is 859. The lowest BCUT2D eigenvalue weighted by Gasteiger charge is -2.31. The molecule has 2 N–H and O–H groups in total. The molecule has 1 fully saturated rings. The van der Waals surface area contributed by atoms with Crippen molar-refractivity contribution >= 4 is 18.0 Å². The molecular formula is C21H23N3O4. The van der Waals surface area contributed by atoms with Crippen molar-refractivity contribution in [2.24, 2.45) is 11.0 Å². The standard InChI is InChI=1S/C21H23N3O4/c1-28-18-9-5-8-17(19(18)25)14-22-23-20(26)15-10-12-24(13-11-15)21(27)16-6-3-2-4-7-16/h2-9,14-15,25H,10-13H2,1H3,(H,23,26)/b22-14-. The zero-order valence-electron chi connectivity index (χ0n) is 15.7. The smallest absolute Gasteiger partial charge is 0.253 e. The molecule has 2 aromatic rings. The molecule has 0 atom stereocenters. The number of amides is 2. The molecule has 1 aliphatic rings. The van der Waals surface area contributed by atoms with Crippen molar-refractivity contribution in [2.75, 3.05) is 20.2 Å². The van der Waals surface area contributed by atoms with Gasteiger partial charge in [0, 0.05) is 30.1 Å². The maximum absolute atomic E-state index is 12.5. The van der Waals surface area contributed by atoms with Crippen LogP contribution in [0.4, 0.5) is 0 Å². The van der Waals surface area contributed by atoms with E-state index in [9.17, 15) is 14.7 Å². The summed E-state index contributed by atoms with van der Waals surface area (Å²) in [6.45, 7) is 1.07. The van der Waals surface area contributed by atoms with E-state index in [1.165, 1.54) is 13.3 Å². The molecule has 2 amide bonds. The van der Waals surface area contributed by atoms with E-state index >= 15 is 0 Å². The molecule has 2 aromatic carbocycles. The lowest BCUT2D eigenvalue weighted by molar-refractivity contribution is -0.126. The average Bonchev–Trinajstić information content (AvgIpc) is 2.75. The van der Waals surface area contributed by atoms with Crippen LogP contribution in [0.5, 0.6) is 11.5 Å². The fraction of sp³-hybridized carbons (Fsp3) is 0.286. The average molecular weight is 381 g/mol. The van der Waals surface area contributed by atoms with Crippen molar-refractivity contribution in [1.82, 2.24) is 10.3 Å². The molecule has 7 nitrogen and oxygen atoms in total. The second-order valence-corrected chi connectivity index (χ2v) is 6.56. The van der Waals surface area contributed by atoms with Gasteiger partial charge in [0.05, 0.1) is 13.3 Å². The number of phenols is 1. The van der Waals surface area contributed by atoms with Gasteiger partial charge in [-0.15, -0.1) is 0 Å². The SMILES string of the molecule is COc1cccc(/C=N\NC(=O)C2CCN(C(=O)c3ccccc3)CC2)c1O. The van der Waals surface area contributed by atoms with E-state index in [0.717, 1.165) is 0 Å². The topological polar surface area (TPSA) is 91.2 Å². The molecule has 28 heavy (non-hydrogen) atoms. The molecular weight excluding hydrogens is 358 g/mol. The van der Waals surface area contributed by atoms with E-state index in [1.807, 2.05) is 18.2 Å². The number of benzene rings is 2. The van der Waals surface area contributed by atoms with Crippen LogP contribution in [0.15, 0.2) is 53.6 Å². The van der Waals surface area contributed by atoms with Crippen LogP contribution in [0.25, 0.3) is 0 Å². The zero-order valence-corrected chi connectivity index (χ0v) is 15.7. The van der Waals surface area contributed by atoms with Gasteiger partial charge in [-0.2, -0.15) is 5.10 Å². The predicted octanol–water partition coefficient (Wildman–Crippen LogP) is 2.40. The Balaban J connectivity index is 1.51. The minimum atomic E-state index is -0.198. The van der Waals surface area contributed by atoms with Gasteiger partial charge in [0.2, 0.25) is 5.91 Å². The van der Waals surface area contributed by atoms with Crippen LogP contribution in [-0.4, -0.2) is 48.2 Å². The summed E-state index contributed by atoms with van der Waals surface area (Å²) in [6.07, 6.45) is 2.55. The summed E-state index contributed by atoms with van der Waals surface area (Å²) < 4.78 is 5.04. The highest BCUT2D eigenvalue weighted by Gasteiger charge is 2.27. The number of nitrogens with zero attached hydrogens (tertiary/aromatic N) is 2. The van der Waals surface area contributed by atoms with E-state index in [0.29, 0.717) is 42.8 Å². The van der Waals surface area contributed by atoms with Crippen molar-refractivity contribution in [2.45, 2.75) is 12.8 Å². The minimum Gasteiger partial charge on any atom is -0.504 e. The molecule has 1 aliphatic heterocycles. The molecule has 3 rings (SSSR count). The van der Waals surface area contributed by atoms with Gasteiger partial charge in [0.1, 0.15) is 0 Å². The Morgan fingerprint density at radius 1 is 1.14 bits per heavy atom. The zero-order chi connectivity index (χ0) is 19.9. The van der Waals surface area contributed by atoms with E-state index in [2.05, 4.69) is 10.5 Å². The summed E-state index contributed by atoms with van der Waals surface area (Å²) in [5, 5.41) is 13.9. The number of likely N-dealkylation sites (tertiary alicyclic amines) is 1. The molecule has 146 valence electrons. The number of hydrogen-bond donors (Lipinski definition) is 2. The van der Waals surface area contributed by atoms with Gasteiger partial charge in [-0.1, -0.05) is 24.3 Å². The Morgan fingerprint density at radius 3 is 2.54 bits per heavy atom. The van der Waals surface area contributed by atoms with Gasteiger partial charge in [0.15, 0.2) is 11.5 Å². The van der Waals surface area contributed by atoms with E-state index in [4.69, 9.17) is 4.74 Å². The van der Waals surface area contributed by atoms with E-state index in [1.54, 1.807) is 35.2 Å². The maximum atomic E-state index is 12.5. The molecule has 0 aliphatic carbocycles. The first-order chi connectivity index (χ1) is 13.6. The molecule has 0 bridgehead atoms. The predicted molar refractivity (Wildman–Crippen MR) is 105 cm³/mol. The number of carbonyl (C=O) groups is 2. The minimum absolute atomic E-state index is 0.00835. The number of methoxy groups -OCH3 is 1. The number of ether oxygens (including phenoxy) is 1. The number of hydrazone groups is 1. The lowest BCUT2D eigenvalue weighted by atomic mass is 9.95.